The van der Waals surface area contributed by atoms with Crippen LogP contribution in [0.25, 0.3) is 0 Å². The average molecular weight is 321 g/mol. The van der Waals surface area contributed by atoms with Gasteiger partial charge in [-0.1, -0.05) is 46.3 Å². The van der Waals surface area contributed by atoms with Crippen molar-refractivity contribution in [1.29, 1.82) is 0 Å². The summed E-state index contributed by atoms with van der Waals surface area (Å²) in [4.78, 5) is 0. The summed E-state index contributed by atoms with van der Waals surface area (Å²) in [5, 5.41) is 9.96. The molecule has 0 heterocycles. The number of rotatable bonds is 6. The fraction of sp³-hybridized carbons (Fsp3) is 0.250. The van der Waals surface area contributed by atoms with E-state index in [0.717, 1.165) is 15.8 Å². The van der Waals surface area contributed by atoms with E-state index in [9.17, 15) is 5.11 Å². The molecule has 0 bridgehead atoms. The quantitative estimate of drug-likeness (QED) is 0.876. The van der Waals surface area contributed by atoms with Crippen molar-refractivity contribution < 1.29 is 9.84 Å². The van der Waals surface area contributed by atoms with Gasteiger partial charge in [0, 0.05) is 10.9 Å². The van der Waals surface area contributed by atoms with Gasteiger partial charge in [-0.3, -0.25) is 0 Å². The van der Waals surface area contributed by atoms with Gasteiger partial charge < -0.3 is 9.84 Å². The molecular weight excluding hydrogens is 304 g/mol. The van der Waals surface area contributed by atoms with Gasteiger partial charge in [0.25, 0.3) is 0 Å². The summed E-state index contributed by atoms with van der Waals surface area (Å²) in [5.74, 6) is 0.846. The summed E-state index contributed by atoms with van der Waals surface area (Å²) in [6, 6.07) is 17.7. The second-order valence-electron chi connectivity index (χ2n) is 4.43. The van der Waals surface area contributed by atoms with E-state index in [4.69, 9.17) is 4.74 Å². The van der Waals surface area contributed by atoms with Gasteiger partial charge in [-0.2, -0.15) is 0 Å². The first kappa shape index (κ1) is 14.1. The third-order valence-corrected chi connectivity index (χ3v) is 3.38. The highest BCUT2D eigenvalue weighted by atomic mass is 79.9. The van der Waals surface area contributed by atoms with Crippen molar-refractivity contribution in [3.05, 3.63) is 64.6 Å². The first-order chi connectivity index (χ1) is 9.24. The molecule has 0 spiro atoms. The SMILES string of the molecule is OC(CCOc1ccccc1)Cc1ccc(Br)cc1. The van der Waals surface area contributed by atoms with E-state index in [2.05, 4.69) is 15.9 Å². The van der Waals surface area contributed by atoms with Gasteiger partial charge in [0.15, 0.2) is 0 Å². The van der Waals surface area contributed by atoms with E-state index in [0.29, 0.717) is 19.4 Å². The molecule has 19 heavy (non-hydrogen) atoms. The molecule has 1 unspecified atom stereocenters. The Hall–Kier alpha value is -1.32. The largest absolute Gasteiger partial charge is 0.493 e. The molecule has 100 valence electrons. The molecule has 0 aliphatic rings. The Balaban J connectivity index is 1.73. The van der Waals surface area contributed by atoms with E-state index in [1.807, 2.05) is 54.6 Å². The summed E-state index contributed by atoms with van der Waals surface area (Å²) in [6.07, 6.45) is 0.918. The molecular formula is C16H17BrO2. The van der Waals surface area contributed by atoms with E-state index in [1.165, 1.54) is 0 Å². The van der Waals surface area contributed by atoms with Gasteiger partial charge in [-0.05, 0) is 36.2 Å². The lowest BCUT2D eigenvalue weighted by molar-refractivity contribution is 0.139. The molecule has 3 heteroatoms. The molecule has 0 aliphatic carbocycles. The Morgan fingerprint density at radius 2 is 1.68 bits per heavy atom. The maximum absolute atomic E-state index is 9.96. The number of para-hydroxylation sites is 1. The highest BCUT2D eigenvalue weighted by Gasteiger charge is 2.06. The number of hydrogen-bond acceptors (Lipinski definition) is 2. The molecule has 0 aliphatic heterocycles. The highest BCUT2D eigenvalue weighted by Crippen LogP contribution is 2.13. The van der Waals surface area contributed by atoms with Crippen LogP contribution in [0, 0.1) is 0 Å². The summed E-state index contributed by atoms with van der Waals surface area (Å²) in [7, 11) is 0. The molecule has 0 aromatic heterocycles. The van der Waals surface area contributed by atoms with Crippen molar-refractivity contribution in [3.63, 3.8) is 0 Å². The van der Waals surface area contributed by atoms with Gasteiger partial charge in [0.1, 0.15) is 5.75 Å². The summed E-state index contributed by atoms with van der Waals surface area (Å²) < 4.78 is 6.62. The Morgan fingerprint density at radius 1 is 1.00 bits per heavy atom. The minimum absolute atomic E-state index is 0.370. The van der Waals surface area contributed by atoms with Gasteiger partial charge in [-0.25, -0.2) is 0 Å². The molecule has 2 nitrogen and oxygen atoms in total. The zero-order valence-corrected chi connectivity index (χ0v) is 12.2. The normalized spacial score (nSPS) is 12.1. The van der Waals surface area contributed by atoms with Crippen LogP contribution in [-0.4, -0.2) is 17.8 Å². The molecule has 2 rings (SSSR count). The highest BCUT2D eigenvalue weighted by molar-refractivity contribution is 9.10. The topological polar surface area (TPSA) is 29.5 Å². The number of aliphatic hydroxyl groups is 1. The maximum Gasteiger partial charge on any atom is 0.119 e. The number of ether oxygens (including phenoxy) is 1. The minimum Gasteiger partial charge on any atom is -0.493 e. The zero-order valence-electron chi connectivity index (χ0n) is 10.6. The van der Waals surface area contributed by atoms with E-state index >= 15 is 0 Å². The zero-order chi connectivity index (χ0) is 13.5. The van der Waals surface area contributed by atoms with Crippen LogP contribution >= 0.6 is 15.9 Å². The van der Waals surface area contributed by atoms with Gasteiger partial charge in [0.05, 0.1) is 12.7 Å². The van der Waals surface area contributed by atoms with Crippen LogP contribution in [0.5, 0.6) is 5.75 Å². The second kappa shape index (κ2) is 7.31. The van der Waals surface area contributed by atoms with Crippen LogP contribution in [0.2, 0.25) is 0 Å². The number of hydrogen-bond donors (Lipinski definition) is 1. The van der Waals surface area contributed by atoms with Gasteiger partial charge in [-0.15, -0.1) is 0 Å². The summed E-state index contributed by atoms with van der Waals surface area (Å²) >= 11 is 3.40. The monoisotopic (exact) mass is 320 g/mol. The molecule has 0 radical (unpaired) electrons. The third kappa shape index (κ3) is 5.05. The predicted molar refractivity (Wildman–Crippen MR) is 80.4 cm³/mol. The first-order valence-electron chi connectivity index (χ1n) is 6.34. The smallest absolute Gasteiger partial charge is 0.119 e. The van der Waals surface area contributed by atoms with Crippen LogP contribution < -0.4 is 4.74 Å². The lowest BCUT2D eigenvalue weighted by Gasteiger charge is -2.11. The summed E-state index contributed by atoms with van der Waals surface area (Å²) in [5.41, 5.74) is 1.13. The van der Waals surface area contributed by atoms with E-state index in [-0.39, 0.29) is 6.10 Å². The Morgan fingerprint density at radius 3 is 2.37 bits per heavy atom. The molecule has 0 saturated heterocycles. The van der Waals surface area contributed by atoms with Crippen LogP contribution in [0.4, 0.5) is 0 Å². The Bertz CT molecular complexity index is 482. The molecule has 1 N–H and O–H groups in total. The van der Waals surface area contributed by atoms with Crippen LogP contribution in [0.1, 0.15) is 12.0 Å². The summed E-state index contributed by atoms with van der Waals surface area (Å²) in [6.45, 7) is 0.529. The lowest BCUT2D eigenvalue weighted by atomic mass is 10.1. The van der Waals surface area contributed by atoms with Crippen LogP contribution in [-0.2, 0) is 6.42 Å². The van der Waals surface area contributed by atoms with Crippen LogP contribution in [0.15, 0.2) is 59.1 Å². The number of benzene rings is 2. The molecule has 0 fully saturated rings. The predicted octanol–water partition coefficient (Wildman–Crippen LogP) is 3.82. The lowest BCUT2D eigenvalue weighted by Crippen LogP contribution is -2.14. The molecule has 0 amide bonds. The van der Waals surface area contributed by atoms with Crippen molar-refractivity contribution in [3.8, 4) is 5.75 Å². The number of halogens is 1. The molecule has 2 aromatic carbocycles. The maximum atomic E-state index is 9.96. The van der Waals surface area contributed by atoms with E-state index < -0.39 is 0 Å². The van der Waals surface area contributed by atoms with Gasteiger partial charge >= 0.3 is 0 Å². The van der Waals surface area contributed by atoms with Crippen molar-refractivity contribution >= 4 is 15.9 Å². The van der Waals surface area contributed by atoms with Crippen molar-refractivity contribution in [2.75, 3.05) is 6.61 Å². The standard InChI is InChI=1S/C16H17BrO2/c17-14-8-6-13(7-9-14)12-15(18)10-11-19-16-4-2-1-3-5-16/h1-9,15,18H,10-12H2. The average Bonchev–Trinajstić information content (AvgIpc) is 2.43. The molecule has 2 aromatic rings. The Kier molecular flexibility index (Phi) is 5.43. The minimum atomic E-state index is -0.370. The van der Waals surface area contributed by atoms with Crippen molar-refractivity contribution in [2.24, 2.45) is 0 Å². The number of aliphatic hydroxyl groups excluding tert-OH is 1. The third-order valence-electron chi connectivity index (χ3n) is 2.85. The van der Waals surface area contributed by atoms with E-state index in [1.54, 1.807) is 0 Å². The molecule has 0 saturated carbocycles. The first-order valence-corrected chi connectivity index (χ1v) is 7.14. The van der Waals surface area contributed by atoms with Gasteiger partial charge in [0.2, 0.25) is 0 Å². The second-order valence-corrected chi connectivity index (χ2v) is 5.35. The molecule has 1 atom stereocenters. The van der Waals surface area contributed by atoms with Crippen LogP contribution in [0.3, 0.4) is 0 Å². The van der Waals surface area contributed by atoms with Crippen molar-refractivity contribution in [1.82, 2.24) is 0 Å². The Labute approximate surface area is 122 Å². The van der Waals surface area contributed by atoms with Crippen molar-refractivity contribution in [2.45, 2.75) is 18.9 Å². The fourth-order valence-corrected chi connectivity index (χ4v) is 2.09. The fourth-order valence-electron chi connectivity index (χ4n) is 1.82.